The van der Waals surface area contributed by atoms with Gasteiger partial charge < -0.3 is 14.8 Å². The number of hydrogen-bond donors (Lipinski definition) is 1. The third kappa shape index (κ3) is 3.07. The summed E-state index contributed by atoms with van der Waals surface area (Å²) in [5, 5.41) is 0.956. The van der Waals surface area contributed by atoms with Gasteiger partial charge in [0.2, 0.25) is 5.95 Å². The van der Waals surface area contributed by atoms with Gasteiger partial charge in [0.05, 0.1) is 16.6 Å². The predicted molar refractivity (Wildman–Crippen MR) is 117 cm³/mol. The van der Waals surface area contributed by atoms with Gasteiger partial charge in [0, 0.05) is 30.8 Å². The molecular weight excluding hydrogens is 378 g/mol. The molecular formula is C23H23N5O2. The Morgan fingerprint density at radius 1 is 1.13 bits per heavy atom. The highest BCUT2D eigenvalue weighted by atomic mass is 16.2. The van der Waals surface area contributed by atoms with Gasteiger partial charge in [-0.1, -0.05) is 18.2 Å². The molecule has 30 heavy (non-hydrogen) atoms. The SMILES string of the molecule is CN(C)[C@H]1CCN(C(=O)c2ccc3nc(-n4c(=O)ccc5ccccc54)[nH]c3c2)C1. The molecule has 0 bridgehead atoms. The van der Waals surface area contributed by atoms with Crippen LogP contribution in [0.2, 0.25) is 0 Å². The van der Waals surface area contributed by atoms with Gasteiger partial charge in [-0.2, -0.15) is 0 Å². The maximum absolute atomic E-state index is 13.0. The first kappa shape index (κ1) is 18.6. The highest BCUT2D eigenvalue weighted by molar-refractivity contribution is 5.97. The molecule has 4 aromatic rings. The van der Waals surface area contributed by atoms with Crippen LogP contribution in [0.15, 0.2) is 59.4 Å². The summed E-state index contributed by atoms with van der Waals surface area (Å²) in [7, 11) is 4.10. The van der Waals surface area contributed by atoms with Gasteiger partial charge in [-0.15, -0.1) is 0 Å². The average Bonchev–Trinajstić information content (AvgIpc) is 3.40. The number of aromatic nitrogens is 3. The molecule has 1 aliphatic heterocycles. The van der Waals surface area contributed by atoms with Crippen molar-refractivity contribution in [3.05, 3.63) is 70.5 Å². The summed E-state index contributed by atoms with van der Waals surface area (Å²) in [4.78, 5) is 37.5. The number of benzene rings is 2. The standard InChI is InChI=1S/C23H23N5O2/c1-26(2)17-11-12-27(14-17)22(30)16-7-9-18-19(13-16)25-23(24-18)28-20-6-4-3-5-15(20)8-10-21(28)29/h3-10,13,17H,11-12,14H2,1-2H3,(H,24,25)/t17-/m0/s1. The van der Waals surface area contributed by atoms with Crippen molar-refractivity contribution >= 4 is 27.8 Å². The van der Waals surface area contributed by atoms with E-state index in [1.54, 1.807) is 10.6 Å². The number of imidazole rings is 1. The smallest absolute Gasteiger partial charge is 0.257 e. The number of rotatable bonds is 3. The molecule has 2 aromatic heterocycles. The molecule has 5 rings (SSSR count). The van der Waals surface area contributed by atoms with Gasteiger partial charge in [0.25, 0.3) is 11.5 Å². The topological polar surface area (TPSA) is 74.2 Å². The van der Waals surface area contributed by atoms with Crippen LogP contribution in [0.1, 0.15) is 16.8 Å². The molecule has 0 unspecified atom stereocenters. The molecule has 1 saturated heterocycles. The van der Waals surface area contributed by atoms with Gasteiger partial charge in [-0.3, -0.25) is 9.59 Å². The Morgan fingerprint density at radius 2 is 1.97 bits per heavy atom. The number of nitrogens with zero attached hydrogens (tertiary/aromatic N) is 4. The van der Waals surface area contributed by atoms with E-state index in [2.05, 4.69) is 14.9 Å². The summed E-state index contributed by atoms with van der Waals surface area (Å²) in [5.74, 6) is 0.477. The molecule has 3 heterocycles. The molecule has 7 heteroatoms. The van der Waals surface area contributed by atoms with Gasteiger partial charge in [-0.05, 0) is 56.2 Å². The fourth-order valence-corrected chi connectivity index (χ4v) is 4.17. The maximum Gasteiger partial charge on any atom is 0.257 e. The van der Waals surface area contributed by atoms with Crippen LogP contribution < -0.4 is 5.56 Å². The van der Waals surface area contributed by atoms with Crippen LogP contribution in [0.3, 0.4) is 0 Å². The first-order valence-electron chi connectivity index (χ1n) is 10.1. The molecule has 2 aromatic carbocycles. The van der Waals surface area contributed by atoms with Crippen molar-refractivity contribution in [2.24, 2.45) is 0 Å². The number of carbonyl (C=O) groups excluding carboxylic acids is 1. The number of para-hydroxylation sites is 1. The van der Waals surface area contributed by atoms with E-state index < -0.39 is 0 Å². The van der Waals surface area contributed by atoms with E-state index in [9.17, 15) is 9.59 Å². The number of aromatic amines is 1. The Balaban J connectivity index is 1.52. The van der Waals surface area contributed by atoms with E-state index in [1.165, 1.54) is 0 Å². The lowest BCUT2D eigenvalue weighted by Gasteiger charge is -2.20. The van der Waals surface area contributed by atoms with Crippen LogP contribution in [0, 0.1) is 0 Å². The Bertz CT molecular complexity index is 1320. The lowest BCUT2D eigenvalue weighted by molar-refractivity contribution is 0.0783. The number of H-pyrrole nitrogens is 1. The van der Waals surface area contributed by atoms with Crippen molar-refractivity contribution in [1.29, 1.82) is 0 Å². The summed E-state index contributed by atoms with van der Waals surface area (Å²) < 4.78 is 1.57. The quantitative estimate of drug-likeness (QED) is 0.573. The molecule has 1 fully saturated rings. The molecule has 0 spiro atoms. The molecule has 1 amide bonds. The second kappa shape index (κ2) is 7.11. The minimum atomic E-state index is -0.157. The molecule has 0 saturated carbocycles. The minimum absolute atomic E-state index is 0.0275. The number of likely N-dealkylation sites (N-methyl/N-ethyl adjacent to an activating group) is 1. The van der Waals surface area contributed by atoms with Crippen molar-refractivity contribution in [3.8, 4) is 5.95 Å². The third-order valence-corrected chi connectivity index (χ3v) is 5.91. The number of likely N-dealkylation sites (tertiary alicyclic amines) is 1. The van der Waals surface area contributed by atoms with Crippen molar-refractivity contribution in [2.75, 3.05) is 27.2 Å². The molecule has 7 nitrogen and oxygen atoms in total. The van der Waals surface area contributed by atoms with Crippen LogP contribution in [0.25, 0.3) is 27.9 Å². The molecule has 1 atom stereocenters. The first-order chi connectivity index (χ1) is 14.5. The summed E-state index contributed by atoms with van der Waals surface area (Å²) in [6.45, 7) is 1.50. The van der Waals surface area contributed by atoms with Crippen molar-refractivity contribution in [3.63, 3.8) is 0 Å². The Kier molecular flexibility index (Phi) is 4.40. The van der Waals surface area contributed by atoms with E-state index in [4.69, 9.17) is 0 Å². The molecule has 1 N–H and O–H groups in total. The monoisotopic (exact) mass is 401 g/mol. The highest BCUT2D eigenvalue weighted by Gasteiger charge is 2.28. The van der Waals surface area contributed by atoms with Crippen LogP contribution in [0.5, 0.6) is 0 Å². The number of fused-ring (bicyclic) bond motifs is 2. The van der Waals surface area contributed by atoms with Gasteiger partial charge >= 0.3 is 0 Å². The summed E-state index contributed by atoms with van der Waals surface area (Å²) >= 11 is 0. The summed E-state index contributed by atoms with van der Waals surface area (Å²) in [5.41, 5.74) is 2.71. The Morgan fingerprint density at radius 3 is 2.77 bits per heavy atom. The van der Waals surface area contributed by atoms with E-state index in [0.717, 1.165) is 35.9 Å². The van der Waals surface area contributed by atoms with E-state index in [1.807, 2.05) is 67.5 Å². The molecule has 0 aliphatic carbocycles. The van der Waals surface area contributed by atoms with Crippen molar-refractivity contribution in [2.45, 2.75) is 12.5 Å². The Hall–Kier alpha value is -3.45. The molecule has 1 aliphatic rings. The normalized spacial score (nSPS) is 16.8. The predicted octanol–water partition coefficient (Wildman–Crippen LogP) is 2.64. The van der Waals surface area contributed by atoms with E-state index in [-0.39, 0.29) is 11.5 Å². The Labute approximate surface area is 173 Å². The highest BCUT2D eigenvalue weighted by Crippen LogP contribution is 2.21. The maximum atomic E-state index is 13.0. The van der Waals surface area contributed by atoms with Crippen LogP contribution in [-0.4, -0.2) is 63.5 Å². The van der Waals surface area contributed by atoms with Gasteiger partial charge in [0.15, 0.2) is 0 Å². The largest absolute Gasteiger partial charge is 0.337 e. The van der Waals surface area contributed by atoms with E-state index >= 15 is 0 Å². The van der Waals surface area contributed by atoms with Crippen LogP contribution in [-0.2, 0) is 0 Å². The molecule has 0 radical (unpaired) electrons. The number of nitrogens with one attached hydrogen (secondary N) is 1. The molecule has 152 valence electrons. The van der Waals surface area contributed by atoms with Crippen LogP contribution in [0.4, 0.5) is 0 Å². The van der Waals surface area contributed by atoms with E-state index in [0.29, 0.717) is 23.1 Å². The van der Waals surface area contributed by atoms with Crippen molar-refractivity contribution in [1.82, 2.24) is 24.3 Å². The third-order valence-electron chi connectivity index (χ3n) is 5.91. The first-order valence-corrected chi connectivity index (χ1v) is 10.1. The zero-order valence-electron chi connectivity index (χ0n) is 17.0. The lowest BCUT2D eigenvalue weighted by Crippen LogP contribution is -2.34. The summed E-state index contributed by atoms with van der Waals surface area (Å²) in [6, 6.07) is 16.9. The average molecular weight is 401 g/mol. The number of pyridine rings is 1. The zero-order chi connectivity index (χ0) is 20.8. The lowest BCUT2D eigenvalue weighted by atomic mass is 10.2. The second-order valence-electron chi connectivity index (χ2n) is 8.02. The number of hydrogen-bond acceptors (Lipinski definition) is 4. The number of carbonyl (C=O) groups is 1. The fraction of sp³-hybridized carbons (Fsp3) is 0.261. The minimum Gasteiger partial charge on any atom is -0.337 e. The summed E-state index contributed by atoms with van der Waals surface area (Å²) in [6.07, 6.45) is 0.985. The van der Waals surface area contributed by atoms with Gasteiger partial charge in [0.1, 0.15) is 0 Å². The van der Waals surface area contributed by atoms with Gasteiger partial charge in [-0.25, -0.2) is 9.55 Å². The zero-order valence-corrected chi connectivity index (χ0v) is 17.0. The van der Waals surface area contributed by atoms with Crippen LogP contribution >= 0.6 is 0 Å². The number of amides is 1. The second-order valence-corrected chi connectivity index (χ2v) is 8.02. The van der Waals surface area contributed by atoms with Crippen molar-refractivity contribution < 1.29 is 4.79 Å². The fourth-order valence-electron chi connectivity index (χ4n) is 4.17.